The van der Waals surface area contributed by atoms with Crippen molar-refractivity contribution < 1.29 is 38.4 Å². The first kappa shape index (κ1) is 30.9. The Hall–Kier alpha value is -3.02. The predicted molar refractivity (Wildman–Crippen MR) is 151 cm³/mol. The molecule has 2 aliphatic rings. The molecule has 41 heavy (non-hydrogen) atoms. The van der Waals surface area contributed by atoms with E-state index in [9.17, 15) is 14.7 Å². The zero-order valence-corrected chi connectivity index (χ0v) is 23.9. The second-order valence-corrected chi connectivity index (χ2v) is 10.7. The molecule has 0 radical (unpaired) electrons. The summed E-state index contributed by atoms with van der Waals surface area (Å²) in [5.74, 6) is -0.619. The summed E-state index contributed by atoms with van der Waals surface area (Å²) in [6.45, 7) is 6.34. The maximum absolute atomic E-state index is 13.2. The van der Waals surface area contributed by atoms with Crippen LogP contribution in [-0.4, -0.2) is 91.7 Å². The Bertz CT molecular complexity index is 1060. The van der Waals surface area contributed by atoms with E-state index in [2.05, 4.69) is 10.2 Å². The van der Waals surface area contributed by atoms with Crippen molar-refractivity contribution in [3.63, 3.8) is 0 Å². The number of hydrogen-bond donors (Lipinski definition) is 2. The first-order valence-corrected chi connectivity index (χ1v) is 14.4. The zero-order chi connectivity index (χ0) is 29.0. The van der Waals surface area contributed by atoms with Gasteiger partial charge in [-0.25, -0.2) is 9.59 Å². The Morgan fingerprint density at radius 2 is 1.61 bits per heavy atom. The van der Waals surface area contributed by atoms with Crippen molar-refractivity contribution >= 4 is 12.1 Å². The summed E-state index contributed by atoms with van der Waals surface area (Å²) in [7, 11) is 0. The van der Waals surface area contributed by atoms with Crippen LogP contribution in [0.5, 0.6) is 0 Å². The fourth-order valence-corrected chi connectivity index (χ4v) is 5.03. The van der Waals surface area contributed by atoms with Crippen molar-refractivity contribution in [3.05, 3.63) is 71.8 Å². The van der Waals surface area contributed by atoms with Gasteiger partial charge < -0.3 is 39.0 Å². The predicted octanol–water partition coefficient (Wildman–Crippen LogP) is 3.52. The number of carbonyl (C=O) groups excluding carboxylic acids is 2. The van der Waals surface area contributed by atoms with Crippen molar-refractivity contribution in [2.24, 2.45) is 0 Å². The second-order valence-electron chi connectivity index (χ2n) is 10.7. The maximum Gasteiger partial charge on any atom is 0.407 e. The molecular weight excluding hydrogens is 528 g/mol. The number of amides is 1. The van der Waals surface area contributed by atoms with Crippen LogP contribution in [0.3, 0.4) is 0 Å². The minimum atomic E-state index is -1.16. The molecule has 0 unspecified atom stereocenters. The number of esters is 1. The van der Waals surface area contributed by atoms with E-state index in [1.807, 2.05) is 44.2 Å². The Kier molecular flexibility index (Phi) is 11.9. The summed E-state index contributed by atoms with van der Waals surface area (Å²) in [5, 5.41) is 13.0. The summed E-state index contributed by atoms with van der Waals surface area (Å²) in [4.78, 5) is 28.4. The highest BCUT2D eigenvalue weighted by Crippen LogP contribution is 2.30. The van der Waals surface area contributed by atoms with Crippen LogP contribution in [0.2, 0.25) is 0 Å². The largest absolute Gasteiger partial charge is 0.449 e. The van der Waals surface area contributed by atoms with Crippen LogP contribution in [0.1, 0.15) is 49.0 Å². The molecule has 224 valence electrons. The van der Waals surface area contributed by atoms with E-state index in [-0.39, 0.29) is 12.6 Å². The molecule has 0 saturated carbocycles. The Morgan fingerprint density at radius 1 is 0.927 bits per heavy atom. The number of alkyl carbamates (subject to hydrolysis) is 1. The molecule has 2 heterocycles. The summed E-state index contributed by atoms with van der Waals surface area (Å²) in [5.41, 5.74) is 1.21. The third kappa shape index (κ3) is 9.24. The molecule has 2 fully saturated rings. The molecule has 10 heteroatoms. The third-order valence-corrected chi connectivity index (χ3v) is 7.10. The van der Waals surface area contributed by atoms with Crippen LogP contribution >= 0.6 is 0 Å². The van der Waals surface area contributed by atoms with E-state index in [1.54, 1.807) is 30.3 Å². The van der Waals surface area contributed by atoms with E-state index < -0.39 is 49.4 Å². The normalized spacial score (nSPS) is 25.0. The topological polar surface area (TPSA) is 116 Å². The Labute approximate surface area is 241 Å². The quantitative estimate of drug-likeness (QED) is 0.370. The average molecular weight is 571 g/mol. The van der Waals surface area contributed by atoms with Crippen molar-refractivity contribution in [1.29, 1.82) is 0 Å². The number of benzene rings is 2. The van der Waals surface area contributed by atoms with Crippen LogP contribution in [-0.2, 0) is 30.3 Å². The van der Waals surface area contributed by atoms with Gasteiger partial charge in [-0.05, 0) is 57.5 Å². The molecule has 4 rings (SSSR count). The van der Waals surface area contributed by atoms with E-state index in [1.165, 1.54) is 6.42 Å². The number of nitrogens with one attached hydrogen (secondary N) is 1. The van der Waals surface area contributed by atoms with Gasteiger partial charge in [-0.1, -0.05) is 55.0 Å². The number of piperidine rings is 1. The van der Waals surface area contributed by atoms with E-state index >= 15 is 0 Å². The molecule has 2 aromatic rings. The SMILES string of the molecule is CC(C)NC(=O)O[C@@H]1[C@@H](OC(=O)c2ccccc2)[C@H](OCCN2CCCCC2)O[C@H](CO)[C@H]1OCc1ccccc1. The summed E-state index contributed by atoms with van der Waals surface area (Å²) >= 11 is 0. The number of aliphatic hydroxyl groups excluding tert-OH is 1. The third-order valence-electron chi connectivity index (χ3n) is 7.10. The molecule has 0 aromatic heterocycles. The summed E-state index contributed by atoms with van der Waals surface area (Å²) < 4.78 is 30.4. The van der Waals surface area contributed by atoms with Gasteiger partial charge in [-0.3, -0.25) is 0 Å². The highest BCUT2D eigenvalue weighted by molar-refractivity contribution is 5.89. The number of rotatable bonds is 12. The number of aliphatic hydroxyl groups is 1. The number of likely N-dealkylation sites (tertiary alicyclic amines) is 1. The first-order valence-electron chi connectivity index (χ1n) is 14.4. The van der Waals surface area contributed by atoms with Crippen LogP contribution in [0, 0.1) is 0 Å². The van der Waals surface area contributed by atoms with Gasteiger partial charge in [0, 0.05) is 12.6 Å². The molecule has 2 aliphatic heterocycles. The smallest absolute Gasteiger partial charge is 0.407 e. The van der Waals surface area contributed by atoms with Gasteiger partial charge in [-0.2, -0.15) is 0 Å². The van der Waals surface area contributed by atoms with Crippen LogP contribution in [0.4, 0.5) is 4.79 Å². The standard InChI is InChI=1S/C31H42N2O8/c1-22(2)32-31(36)41-27-26(38-21-23-12-6-3-7-13-23)25(20-34)39-30(37-19-18-33-16-10-5-11-17-33)28(27)40-29(35)24-14-8-4-9-15-24/h3-4,6-9,12-15,22,25-28,30,34H,5,10-11,16-21H2,1-2H3,(H,32,36)/t25-,26-,27+,28-,30-/m1/s1. The van der Waals surface area contributed by atoms with E-state index in [0.29, 0.717) is 18.7 Å². The molecule has 0 spiro atoms. The van der Waals surface area contributed by atoms with Gasteiger partial charge in [0.25, 0.3) is 0 Å². The second kappa shape index (κ2) is 15.8. The van der Waals surface area contributed by atoms with Crippen molar-refractivity contribution in [1.82, 2.24) is 10.2 Å². The molecule has 5 atom stereocenters. The van der Waals surface area contributed by atoms with Crippen molar-refractivity contribution in [3.8, 4) is 0 Å². The van der Waals surface area contributed by atoms with E-state index in [4.69, 9.17) is 23.7 Å². The highest BCUT2D eigenvalue weighted by Gasteiger charge is 2.51. The molecule has 2 saturated heterocycles. The van der Waals surface area contributed by atoms with Gasteiger partial charge in [0.05, 0.1) is 25.4 Å². The Balaban J connectivity index is 1.59. The lowest BCUT2D eigenvalue weighted by Gasteiger charge is -2.44. The van der Waals surface area contributed by atoms with E-state index in [0.717, 1.165) is 31.5 Å². The highest BCUT2D eigenvalue weighted by atomic mass is 16.7. The average Bonchev–Trinajstić information content (AvgIpc) is 2.98. The number of ether oxygens (including phenoxy) is 5. The molecule has 2 aromatic carbocycles. The fraction of sp³-hybridized carbons (Fsp3) is 0.548. The maximum atomic E-state index is 13.2. The minimum absolute atomic E-state index is 0.164. The van der Waals surface area contributed by atoms with Crippen molar-refractivity contribution in [2.45, 2.75) is 76.5 Å². The van der Waals surface area contributed by atoms with Gasteiger partial charge >= 0.3 is 12.1 Å². The molecule has 10 nitrogen and oxygen atoms in total. The number of carbonyl (C=O) groups is 2. The molecule has 0 aliphatic carbocycles. The monoisotopic (exact) mass is 570 g/mol. The number of nitrogens with zero attached hydrogens (tertiary/aromatic N) is 1. The van der Waals surface area contributed by atoms with Crippen molar-refractivity contribution in [2.75, 3.05) is 32.8 Å². The van der Waals surface area contributed by atoms with Gasteiger partial charge in [0.15, 0.2) is 18.5 Å². The lowest BCUT2D eigenvalue weighted by atomic mass is 9.98. The van der Waals surface area contributed by atoms with Crippen LogP contribution < -0.4 is 5.32 Å². The van der Waals surface area contributed by atoms with Gasteiger partial charge in [-0.15, -0.1) is 0 Å². The van der Waals surface area contributed by atoms with Crippen LogP contribution in [0.15, 0.2) is 60.7 Å². The fourth-order valence-electron chi connectivity index (χ4n) is 5.03. The van der Waals surface area contributed by atoms with Gasteiger partial charge in [0.2, 0.25) is 0 Å². The first-order chi connectivity index (χ1) is 19.9. The molecular formula is C31H42N2O8. The lowest BCUT2D eigenvalue weighted by Crippen LogP contribution is -2.63. The Morgan fingerprint density at radius 3 is 2.27 bits per heavy atom. The summed E-state index contributed by atoms with van der Waals surface area (Å²) in [6, 6.07) is 17.8. The molecule has 2 N–H and O–H groups in total. The minimum Gasteiger partial charge on any atom is -0.449 e. The molecule has 0 bridgehead atoms. The lowest BCUT2D eigenvalue weighted by molar-refractivity contribution is -0.307. The van der Waals surface area contributed by atoms with Crippen LogP contribution in [0.25, 0.3) is 0 Å². The summed E-state index contributed by atoms with van der Waals surface area (Å²) in [6.07, 6.45) is -2.43. The van der Waals surface area contributed by atoms with Gasteiger partial charge in [0.1, 0.15) is 12.2 Å². The molecule has 1 amide bonds. The zero-order valence-electron chi connectivity index (χ0n) is 23.9. The number of hydrogen-bond acceptors (Lipinski definition) is 9.